The fraction of sp³-hybridized carbons (Fsp3) is 0.595. The van der Waals surface area contributed by atoms with Crippen molar-refractivity contribution in [2.75, 3.05) is 6.61 Å². The van der Waals surface area contributed by atoms with Crippen LogP contribution in [-0.2, 0) is 58.7 Å². The van der Waals surface area contributed by atoms with Gasteiger partial charge in [-0.15, -0.1) is 0 Å². The van der Waals surface area contributed by atoms with Gasteiger partial charge in [-0.1, -0.05) is 268 Å². The third-order valence-electron chi connectivity index (χ3n) is 14.9. The molecule has 5 rings (SSSR count). The predicted molar refractivity (Wildman–Crippen MR) is 357 cm³/mol. The summed E-state index contributed by atoms with van der Waals surface area (Å²) in [5.41, 5.74) is 14.0. The van der Waals surface area contributed by atoms with Crippen molar-refractivity contribution < 1.29 is 27.1 Å². The van der Waals surface area contributed by atoms with Crippen LogP contribution in [0.25, 0.3) is 0 Å². The van der Waals surface area contributed by atoms with Crippen LogP contribution in [0.1, 0.15) is 281 Å². The molecule has 0 heterocycles. The number of benzene rings is 5. The SMILES string of the molecule is CC(C)(C)c1ccc(OP(Oc2ccc(C(C)(C)C)cc2C(C)(C)C)Oc2ccc(C(C)(C)C)cc2C(C)(C)C)c(C(C)(C)C)c1.CCOP(Oc1c(C)cc(C(C)(C)C)cc1C(C)(C)C)Oc1c(C)cc(C(C)(C)C)cc1C(C)(C)C. The molecule has 0 radical (unpaired) electrons. The van der Waals surface area contributed by atoms with Gasteiger partial charge in [0.25, 0.3) is 0 Å². The number of hydrogen-bond acceptors (Lipinski definition) is 6. The van der Waals surface area contributed by atoms with Gasteiger partial charge < -0.3 is 22.6 Å². The van der Waals surface area contributed by atoms with Gasteiger partial charge in [0.15, 0.2) is 0 Å². The molecule has 0 spiro atoms. The molecule has 0 saturated carbocycles. The van der Waals surface area contributed by atoms with Crippen LogP contribution in [0.2, 0.25) is 0 Å². The Morgan fingerprint density at radius 2 is 0.500 bits per heavy atom. The average Bonchev–Trinajstić information content (AvgIpc) is 3.27. The molecule has 0 atom stereocenters. The van der Waals surface area contributed by atoms with E-state index in [4.69, 9.17) is 27.1 Å². The lowest BCUT2D eigenvalue weighted by atomic mass is 9.79. The standard InChI is InChI=1S/C42H63O3P.C32H51O3P/c1-37(2,3)28-19-22-34(31(25-28)40(10,11)12)43-46(44-35-23-20-29(38(4,5)6)26-32(35)41(13,14)15)45-36-24-21-30(39(7,8)9)27-33(36)42(16,17)18;1-16-33-36(34-27-21(2)17-23(29(4,5)6)19-25(27)31(10,11)12)35-28-22(3)18-24(30(7,8)9)20-26(28)32(13,14)15/h19-27H,1-18H3;17-20H,16H2,1-15H3. The van der Waals surface area contributed by atoms with Gasteiger partial charge >= 0.3 is 17.2 Å². The van der Waals surface area contributed by atoms with E-state index in [1.54, 1.807) is 0 Å². The zero-order chi connectivity index (χ0) is 63.1. The molecule has 0 aliphatic heterocycles. The Kier molecular flexibility index (Phi) is 21.5. The van der Waals surface area contributed by atoms with E-state index in [1.165, 1.54) is 38.9 Å². The summed E-state index contributed by atoms with van der Waals surface area (Å²) in [5, 5.41) is 0. The highest BCUT2D eigenvalue weighted by molar-refractivity contribution is 7.43. The van der Waals surface area contributed by atoms with Crippen LogP contribution >= 0.6 is 17.2 Å². The van der Waals surface area contributed by atoms with Gasteiger partial charge in [-0.05, 0) is 132 Å². The monoisotopic (exact) mass is 1160 g/mol. The summed E-state index contributed by atoms with van der Waals surface area (Å²) >= 11 is 0. The molecule has 0 unspecified atom stereocenters. The van der Waals surface area contributed by atoms with Crippen molar-refractivity contribution >= 4 is 17.2 Å². The molecule has 82 heavy (non-hydrogen) atoms. The quantitative estimate of drug-likeness (QED) is 0.116. The Labute approximate surface area is 505 Å². The molecular weight excluding hydrogens is 1050 g/mol. The third-order valence-corrected chi connectivity index (χ3v) is 17.1. The van der Waals surface area contributed by atoms with Gasteiger partial charge in [-0.25, -0.2) is 0 Å². The highest BCUT2D eigenvalue weighted by Gasteiger charge is 2.35. The van der Waals surface area contributed by atoms with Crippen molar-refractivity contribution in [1.29, 1.82) is 0 Å². The predicted octanol–water partition coefficient (Wildman–Crippen LogP) is 23.4. The zero-order valence-electron chi connectivity index (χ0n) is 58.1. The summed E-state index contributed by atoms with van der Waals surface area (Å²) < 4.78 is 40.1. The second kappa shape index (κ2) is 25.1. The summed E-state index contributed by atoms with van der Waals surface area (Å²) in [5.74, 6) is 4.12. The summed E-state index contributed by atoms with van der Waals surface area (Å²) in [7, 11) is -3.54. The maximum absolute atomic E-state index is 6.90. The summed E-state index contributed by atoms with van der Waals surface area (Å²) in [6.45, 7) is 74.0. The molecule has 456 valence electrons. The first-order valence-corrected chi connectivity index (χ1v) is 32.3. The maximum atomic E-state index is 6.90. The topological polar surface area (TPSA) is 55.4 Å². The summed E-state index contributed by atoms with van der Waals surface area (Å²) in [6, 6.07) is 28.8. The Morgan fingerprint density at radius 1 is 0.268 bits per heavy atom. The van der Waals surface area contributed by atoms with E-state index in [2.05, 4.69) is 300 Å². The zero-order valence-corrected chi connectivity index (χ0v) is 59.8. The van der Waals surface area contributed by atoms with Crippen molar-refractivity contribution in [3.63, 3.8) is 0 Å². The van der Waals surface area contributed by atoms with E-state index in [0.29, 0.717) is 6.61 Å². The van der Waals surface area contributed by atoms with Crippen LogP contribution in [0.3, 0.4) is 0 Å². The molecule has 5 aromatic rings. The molecule has 0 aliphatic rings. The molecule has 0 amide bonds. The van der Waals surface area contributed by atoms with E-state index >= 15 is 0 Å². The molecule has 6 nitrogen and oxygen atoms in total. The highest BCUT2D eigenvalue weighted by atomic mass is 31.2. The van der Waals surface area contributed by atoms with E-state index in [1.807, 2.05) is 6.92 Å². The lowest BCUT2D eigenvalue weighted by Crippen LogP contribution is -2.20. The van der Waals surface area contributed by atoms with Gasteiger partial charge in [0.1, 0.15) is 28.7 Å². The molecule has 0 bridgehead atoms. The second-order valence-electron chi connectivity index (χ2n) is 33.3. The minimum atomic E-state index is -1.89. The van der Waals surface area contributed by atoms with Crippen LogP contribution < -0.4 is 22.6 Å². The highest BCUT2D eigenvalue weighted by Crippen LogP contribution is 2.53. The van der Waals surface area contributed by atoms with Gasteiger partial charge in [-0.2, -0.15) is 0 Å². The third kappa shape index (κ3) is 19.0. The first-order chi connectivity index (χ1) is 36.7. The molecule has 0 fully saturated rings. The maximum Gasteiger partial charge on any atom is 0.530 e. The lowest BCUT2D eigenvalue weighted by Gasteiger charge is -2.31. The lowest BCUT2D eigenvalue weighted by molar-refractivity contribution is 0.275. The first kappa shape index (κ1) is 70.4. The van der Waals surface area contributed by atoms with E-state index < -0.39 is 17.2 Å². The fourth-order valence-electron chi connectivity index (χ4n) is 9.38. The van der Waals surface area contributed by atoms with Crippen molar-refractivity contribution in [3.05, 3.63) is 146 Å². The number of rotatable bonds is 12. The normalized spacial score (nSPS) is 13.5. The van der Waals surface area contributed by atoms with Crippen LogP contribution in [0, 0.1) is 13.8 Å². The molecule has 8 heteroatoms. The Balaban J connectivity index is 0.000000363. The molecule has 0 aliphatic carbocycles. The van der Waals surface area contributed by atoms with Gasteiger partial charge in [0.2, 0.25) is 0 Å². The van der Waals surface area contributed by atoms with Gasteiger partial charge in [0, 0.05) is 27.8 Å². The molecule has 5 aromatic carbocycles. The van der Waals surface area contributed by atoms with Crippen LogP contribution in [-0.4, -0.2) is 6.61 Å². The van der Waals surface area contributed by atoms with Gasteiger partial charge in [-0.3, -0.25) is 4.52 Å². The summed E-state index contributed by atoms with van der Waals surface area (Å²) in [4.78, 5) is 0. The van der Waals surface area contributed by atoms with Crippen molar-refractivity contribution in [2.24, 2.45) is 0 Å². The molecular formula is C74H114O6P2. The number of hydrogen-bond donors (Lipinski definition) is 0. The fourth-order valence-corrected chi connectivity index (χ4v) is 11.6. The van der Waals surface area contributed by atoms with E-state index in [9.17, 15) is 0 Å². The average molecular weight is 1160 g/mol. The van der Waals surface area contributed by atoms with E-state index in [0.717, 1.165) is 56.6 Å². The molecule has 0 N–H and O–H groups in total. The number of aryl methyl sites for hydroxylation is 2. The summed E-state index contributed by atoms with van der Waals surface area (Å²) in [6.07, 6.45) is 0. The molecule has 0 saturated heterocycles. The largest absolute Gasteiger partial charge is 0.530 e. The van der Waals surface area contributed by atoms with Crippen LogP contribution in [0.15, 0.2) is 78.9 Å². The van der Waals surface area contributed by atoms with Crippen molar-refractivity contribution in [1.82, 2.24) is 0 Å². The second-order valence-corrected chi connectivity index (χ2v) is 35.4. The smallest absolute Gasteiger partial charge is 0.417 e. The Morgan fingerprint density at radius 3 is 0.707 bits per heavy atom. The van der Waals surface area contributed by atoms with Crippen LogP contribution in [0.4, 0.5) is 0 Å². The van der Waals surface area contributed by atoms with Gasteiger partial charge in [0.05, 0.1) is 6.61 Å². The Bertz CT molecular complexity index is 2700. The van der Waals surface area contributed by atoms with E-state index in [-0.39, 0.29) is 54.1 Å². The minimum Gasteiger partial charge on any atom is -0.417 e. The van der Waals surface area contributed by atoms with Crippen molar-refractivity contribution in [2.45, 2.75) is 283 Å². The molecule has 0 aromatic heterocycles. The minimum absolute atomic E-state index is 0.0170. The Hall–Kier alpha value is -4.08. The van der Waals surface area contributed by atoms with Crippen LogP contribution in [0.5, 0.6) is 28.7 Å². The van der Waals surface area contributed by atoms with Crippen molar-refractivity contribution in [3.8, 4) is 28.7 Å². The first-order valence-electron chi connectivity index (χ1n) is 30.1.